The van der Waals surface area contributed by atoms with Gasteiger partial charge in [0.1, 0.15) is 0 Å². The molecule has 0 fully saturated rings. The van der Waals surface area contributed by atoms with Crippen molar-refractivity contribution in [3.05, 3.63) is 24.8 Å². The molecule has 0 radical (unpaired) electrons. The highest BCUT2D eigenvalue weighted by molar-refractivity contribution is 4.95. The van der Waals surface area contributed by atoms with Crippen LogP contribution in [0.3, 0.4) is 0 Å². The average Bonchev–Trinajstić information content (AvgIpc) is 1.98. The number of hydrogen-bond donors (Lipinski definition) is 1. The van der Waals surface area contributed by atoms with Gasteiger partial charge in [-0.1, -0.05) is 18.2 Å². The van der Waals surface area contributed by atoms with Crippen LogP contribution in [0, 0.1) is 5.92 Å². The molecule has 0 aromatic carbocycles. The van der Waals surface area contributed by atoms with Crippen molar-refractivity contribution in [3.8, 4) is 0 Å². The summed E-state index contributed by atoms with van der Waals surface area (Å²) in [4.78, 5) is 0. The van der Waals surface area contributed by atoms with Gasteiger partial charge in [0.2, 0.25) is 0 Å². The van der Waals surface area contributed by atoms with E-state index in [2.05, 4.69) is 12.7 Å². The second kappa shape index (κ2) is 6.56. The van der Waals surface area contributed by atoms with Crippen LogP contribution < -0.4 is 0 Å². The van der Waals surface area contributed by atoms with Crippen LogP contribution in [-0.4, -0.2) is 11.7 Å². The van der Waals surface area contributed by atoms with Gasteiger partial charge >= 0.3 is 0 Å². The Balaban J connectivity index is 3.49. The van der Waals surface area contributed by atoms with E-state index >= 15 is 0 Å². The fraction of sp³-hybridized carbons (Fsp3) is 0.556. The maximum atomic E-state index is 8.52. The molecule has 0 spiro atoms. The molecule has 0 aromatic rings. The van der Waals surface area contributed by atoms with Gasteiger partial charge in [-0.2, -0.15) is 0 Å². The summed E-state index contributed by atoms with van der Waals surface area (Å²) in [6, 6.07) is 0. The summed E-state index contributed by atoms with van der Waals surface area (Å²) in [5.41, 5.74) is 0. The van der Waals surface area contributed by atoms with Gasteiger partial charge in [-0.15, -0.1) is 6.58 Å². The minimum atomic E-state index is 0.280. The first-order chi connectivity index (χ1) is 4.85. The maximum absolute atomic E-state index is 8.52. The molecule has 0 saturated heterocycles. The van der Waals surface area contributed by atoms with Gasteiger partial charge < -0.3 is 5.11 Å². The Bertz CT molecular complexity index is 105. The molecule has 0 heterocycles. The van der Waals surface area contributed by atoms with Gasteiger partial charge in [-0.25, -0.2) is 0 Å². The summed E-state index contributed by atoms with van der Waals surface area (Å²) in [7, 11) is 0. The van der Waals surface area contributed by atoms with Crippen molar-refractivity contribution in [1.29, 1.82) is 0 Å². The molecule has 1 unspecified atom stereocenters. The highest BCUT2D eigenvalue weighted by atomic mass is 16.2. The third kappa shape index (κ3) is 4.33. The Morgan fingerprint density at radius 1 is 1.60 bits per heavy atom. The Morgan fingerprint density at radius 3 is 2.70 bits per heavy atom. The van der Waals surface area contributed by atoms with Crippen LogP contribution in [0.1, 0.15) is 19.8 Å². The number of allylic oxidation sites excluding steroid dienone is 3. The van der Waals surface area contributed by atoms with Crippen LogP contribution in [-0.2, 0) is 0 Å². The van der Waals surface area contributed by atoms with E-state index in [0.29, 0.717) is 5.92 Å². The standard InChI is InChI=1S/C9H16O/c1-3-6-9(4-2)7-5-8-10/h3-4,6,9-10H,2,5,7-8H2,1H3/b6-3-. The summed E-state index contributed by atoms with van der Waals surface area (Å²) in [6.07, 6.45) is 7.90. The number of aliphatic hydroxyl groups is 1. The van der Waals surface area contributed by atoms with Crippen molar-refractivity contribution in [3.63, 3.8) is 0 Å². The zero-order valence-electron chi connectivity index (χ0n) is 6.59. The van der Waals surface area contributed by atoms with E-state index in [1.807, 2.05) is 19.1 Å². The molecule has 1 atom stereocenters. The fourth-order valence-electron chi connectivity index (χ4n) is 0.867. The first-order valence-corrected chi connectivity index (χ1v) is 3.71. The van der Waals surface area contributed by atoms with Crippen molar-refractivity contribution < 1.29 is 5.11 Å². The zero-order valence-corrected chi connectivity index (χ0v) is 6.59. The maximum Gasteiger partial charge on any atom is 0.0431 e. The third-order valence-electron chi connectivity index (χ3n) is 1.44. The lowest BCUT2D eigenvalue weighted by Crippen LogP contribution is -1.93. The molecule has 0 aromatic heterocycles. The Morgan fingerprint density at radius 2 is 2.30 bits per heavy atom. The molecular formula is C9H16O. The topological polar surface area (TPSA) is 20.2 Å². The zero-order chi connectivity index (χ0) is 7.82. The molecule has 0 bridgehead atoms. The smallest absolute Gasteiger partial charge is 0.0431 e. The first-order valence-electron chi connectivity index (χ1n) is 3.71. The second-order valence-corrected chi connectivity index (χ2v) is 2.29. The number of hydrogen-bond acceptors (Lipinski definition) is 1. The SMILES string of the molecule is C=CC(/C=C\C)CCCO. The minimum absolute atomic E-state index is 0.280. The summed E-state index contributed by atoms with van der Waals surface area (Å²) in [5, 5.41) is 8.52. The molecule has 1 nitrogen and oxygen atoms in total. The minimum Gasteiger partial charge on any atom is -0.396 e. The van der Waals surface area contributed by atoms with E-state index in [0.717, 1.165) is 12.8 Å². The van der Waals surface area contributed by atoms with E-state index in [1.54, 1.807) is 0 Å². The van der Waals surface area contributed by atoms with Gasteiger partial charge in [0.15, 0.2) is 0 Å². The van der Waals surface area contributed by atoms with Gasteiger partial charge in [0.25, 0.3) is 0 Å². The monoisotopic (exact) mass is 140 g/mol. The molecule has 0 rings (SSSR count). The van der Waals surface area contributed by atoms with E-state index in [1.165, 1.54) is 0 Å². The molecule has 1 heteroatoms. The Hall–Kier alpha value is -0.560. The van der Waals surface area contributed by atoms with E-state index < -0.39 is 0 Å². The van der Waals surface area contributed by atoms with E-state index in [9.17, 15) is 0 Å². The summed E-state index contributed by atoms with van der Waals surface area (Å²) >= 11 is 0. The lowest BCUT2D eigenvalue weighted by atomic mass is 10.0. The summed E-state index contributed by atoms with van der Waals surface area (Å²) in [5.74, 6) is 0.442. The van der Waals surface area contributed by atoms with Gasteiger partial charge in [0, 0.05) is 6.61 Å². The predicted octanol–water partition coefficient (Wildman–Crippen LogP) is 2.14. The molecule has 0 saturated carbocycles. The van der Waals surface area contributed by atoms with Gasteiger partial charge in [0.05, 0.1) is 0 Å². The van der Waals surface area contributed by atoms with Crippen molar-refractivity contribution in [2.24, 2.45) is 5.92 Å². The van der Waals surface area contributed by atoms with E-state index in [4.69, 9.17) is 5.11 Å². The van der Waals surface area contributed by atoms with Crippen LogP contribution in [0.5, 0.6) is 0 Å². The average molecular weight is 140 g/mol. The quantitative estimate of drug-likeness (QED) is 0.580. The predicted molar refractivity (Wildman–Crippen MR) is 44.8 cm³/mol. The highest BCUT2D eigenvalue weighted by Crippen LogP contribution is 2.08. The Labute approximate surface area is 63.1 Å². The van der Waals surface area contributed by atoms with Crippen LogP contribution >= 0.6 is 0 Å². The number of rotatable bonds is 5. The van der Waals surface area contributed by atoms with Crippen LogP contribution in [0.4, 0.5) is 0 Å². The molecule has 10 heavy (non-hydrogen) atoms. The van der Waals surface area contributed by atoms with Crippen molar-refractivity contribution in [2.45, 2.75) is 19.8 Å². The molecule has 1 N–H and O–H groups in total. The molecule has 0 aliphatic carbocycles. The molecule has 58 valence electrons. The largest absolute Gasteiger partial charge is 0.396 e. The van der Waals surface area contributed by atoms with Crippen molar-refractivity contribution in [2.75, 3.05) is 6.61 Å². The Kier molecular flexibility index (Phi) is 6.19. The number of aliphatic hydroxyl groups excluding tert-OH is 1. The van der Waals surface area contributed by atoms with Gasteiger partial charge in [-0.05, 0) is 25.7 Å². The fourth-order valence-corrected chi connectivity index (χ4v) is 0.867. The third-order valence-corrected chi connectivity index (χ3v) is 1.44. The molecule has 0 aliphatic heterocycles. The van der Waals surface area contributed by atoms with E-state index in [-0.39, 0.29) is 6.61 Å². The summed E-state index contributed by atoms with van der Waals surface area (Å²) < 4.78 is 0. The van der Waals surface area contributed by atoms with Crippen molar-refractivity contribution >= 4 is 0 Å². The van der Waals surface area contributed by atoms with Crippen molar-refractivity contribution in [1.82, 2.24) is 0 Å². The molecular weight excluding hydrogens is 124 g/mol. The van der Waals surface area contributed by atoms with Gasteiger partial charge in [-0.3, -0.25) is 0 Å². The molecule has 0 amide bonds. The van der Waals surface area contributed by atoms with Crippen LogP contribution in [0.2, 0.25) is 0 Å². The lowest BCUT2D eigenvalue weighted by molar-refractivity contribution is 0.281. The van der Waals surface area contributed by atoms with Crippen LogP contribution in [0.25, 0.3) is 0 Å². The lowest BCUT2D eigenvalue weighted by Gasteiger charge is -2.03. The molecule has 0 aliphatic rings. The second-order valence-electron chi connectivity index (χ2n) is 2.29. The first kappa shape index (κ1) is 9.44. The van der Waals surface area contributed by atoms with Crippen LogP contribution in [0.15, 0.2) is 24.8 Å². The summed E-state index contributed by atoms with van der Waals surface area (Å²) in [6.45, 7) is 5.97. The normalized spacial score (nSPS) is 13.8. The highest BCUT2D eigenvalue weighted by Gasteiger charge is 1.96.